The van der Waals surface area contributed by atoms with E-state index in [2.05, 4.69) is 12.2 Å². The fourth-order valence-corrected chi connectivity index (χ4v) is 2.91. The van der Waals surface area contributed by atoms with Gasteiger partial charge in [0, 0.05) is 39.4 Å². The molecule has 0 radical (unpaired) electrons. The molecule has 0 bridgehead atoms. The van der Waals surface area contributed by atoms with Gasteiger partial charge >= 0.3 is 0 Å². The summed E-state index contributed by atoms with van der Waals surface area (Å²) in [5.41, 5.74) is 1.58. The Labute approximate surface area is 138 Å². The summed E-state index contributed by atoms with van der Waals surface area (Å²) in [5.74, 6) is 0.0440. The van der Waals surface area contributed by atoms with Gasteiger partial charge in [0.05, 0.1) is 11.5 Å². The molecule has 126 valence electrons. The quantitative estimate of drug-likeness (QED) is 0.820. The maximum atomic E-state index is 12.8. The van der Waals surface area contributed by atoms with E-state index in [9.17, 15) is 9.59 Å². The van der Waals surface area contributed by atoms with Crippen molar-refractivity contribution in [3.05, 3.63) is 29.8 Å². The van der Waals surface area contributed by atoms with Gasteiger partial charge in [0.25, 0.3) is 5.91 Å². The van der Waals surface area contributed by atoms with Crippen molar-refractivity contribution in [3.63, 3.8) is 0 Å². The van der Waals surface area contributed by atoms with Crippen LogP contribution in [0.5, 0.6) is 0 Å². The summed E-state index contributed by atoms with van der Waals surface area (Å²) in [6.07, 6.45) is 2.93. The van der Waals surface area contributed by atoms with Crippen LogP contribution in [0.3, 0.4) is 0 Å². The van der Waals surface area contributed by atoms with Crippen LogP contribution < -0.4 is 5.32 Å². The molecule has 1 aromatic carbocycles. The van der Waals surface area contributed by atoms with Crippen LogP contribution in [0.2, 0.25) is 0 Å². The lowest BCUT2D eigenvalue weighted by molar-refractivity contribution is -0.132. The Hall–Kier alpha value is -2.04. The number of nitrogens with zero attached hydrogens (tertiary/aromatic N) is 2. The predicted octanol–water partition coefficient (Wildman–Crippen LogP) is 2.45. The van der Waals surface area contributed by atoms with Crippen LogP contribution in [0.1, 0.15) is 36.5 Å². The lowest BCUT2D eigenvalue weighted by atomic mass is 10.1. The predicted molar refractivity (Wildman–Crippen MR) is 92.5 cm³/mol. The molecule has 2 amide bonds. The van der Waals surface area contributed by atoms with E-state index < -0.39 is 0 Å². The van der Waals surface area contributed by atoms with E-state index in [1.54, 1.807) is 23.9 Å². The van der Waals surface area contributed by atoms with Gasteiger partial charge in [0.2, 0.25) is 5.91 Å². The maximum absolute atomic E-state index is 12.8. The number of benzene rings is 1. The third-order valence-corrected chi connectivity index (χ3v) is 4.27. The molecule has 0 spiro atoms. The Kier molecular flexibility index (Phi) is 6.02. The van der Waals surface area contributed by atoms with Gasteiger partial charge in [-0.15, -0.1) is 0 Å². The van der Waals surface area contributed by atoms with Crippen molar-refractivity contribution in [1.29, 1.82) is 0 Å². The van der Waals surface area contributed by atoms with Gasteiger partial charge < -0.3 is 15.1 Å². The molecular formula is C18H27N3O2. The molecule has 0 saturated carbocycles. The first kappa shape index (κ1) is 17.3. The standard InChI is InChI=1S/C18H27N3O2/c1-4-5-11-19-16-9-7-6-8-15(16)18(23)21-12-10-14(13-21)17(22)20(2)3/h6-9,14,19H,4-5,10-13H2,1-3H3. The molecule has 5 heteroatoms. The van der Waals surface area contributed by atoms with Crippen LogP contribution >= 0.6 is 0 Å². The van der Waals surface area contributed by atoms with Crippen LogP contribution in [0.25, 0.3) is 0 Å². The van der Waals surface area contributed by atoms with Gasteiger partial charge in [0.1, 0.15) is 0 Å². The number of likely N-dealkylation sites (tertiary alicyclic amines) is 1. The third kappa shape index (κ3) is 4.24. The zero-order valence-corrected chi connectivity index (χ0v) is 14.3. The molecule has 1 heterocycles. The molecular weight excluding hydrogens is 290 g/mol. The first-order valence-electron chi connectivity index (χ1n) is 8.38. The third-order valence-electron chi connectivity index (χ3n) is 4.27. The Bertz CT molecular complexity index is 557. The van der Waals surface area contributed by atoms with E-state index >= 15 is 0 Å². The average Bonchev–Trinajstić information content (AvgIpc) is 3.04. The Morgan fingerprint density at radius 1 is 1.30 bits per heavy atom. The number of hydrogen-bond acceptors (Lipinski definition) is 3. The monoisotopic (exact) mass is 317 g/mol. The van der Waals surface area contributed by atoms with Crippen LogP contribution in [0.15, 0.2) is 24.3 Å². The number of carbonyl (C=O) groups is 2. The molecule has 1 atom stereocenters. The van der Waals surface area contributed by atoms with E-state index in [4.69, 9.17) is 0 Å². The summed E-state index contributed by atoms with van der Waals surface area (Å²) in [7, 11) is 3.53. The van der Waals surface area contributed by atoms with Crippen molar-refractivity contribution >= 4 is 17.5 Å². The highest BCUT2D eigenvalue weighted by atomic mass is 16.2. The van der Waals surface area contributed by atoms with Crippen molar-refractivity contribution in [2.24, 2.45) is 5.92 Å². The van der Waals surface area contributed by atoms with Crippen LogP contribution in [0, 0.1) is 5.92 Å². The summed E-state index contributed by atoms with van der Waals surface area (Å²) in [6, 6.07) is 7.63. The Morgan fingerprint density at radius 2 is 2.04 bits per heavy atom. The molecule has 1 fully saturated rings. The minimum atomic E-state index is -0.0748. The van der Waals surface area contributed by atoms with Crippen molar-refractivity contribution < 1.29 is 9.59 Å². The highest BCUT2D eigenvalue weighted by molar-refractivity contribution is 6.00. The largest absolute Gasteiger partial charge is 0.384 e. The van der Waals surface area contributed by atoms with Crippen molar-refractivity contribution in [3.8, 4) is 0 Å². The van der Waals surface area contributed by atoms with Gasteiger partial charge in [-0.05, 0) is 25.0 Å². The number of nitrogens with one attached hydrogen (secondary N) is 1. The Morgan fingerprint density at radius 3 is 2.74 bits per heavy atom. The zero-order valence-electron chi connectivity index (χ0n) is 14.3. The van der Waals surface area contributed by atoms with Crippen LogP contribution in [-0.2, 0) is 4.79 Å². The zero-order chi connectivity index (χ0) is 16.8. The molecule has 1 saturated heterocycles. The second-order valence-corrected chi connectivity index (χ2v) is 6.30. The van der Waals surface area contributed by atoms with Gasteiger partial charge in [-0.3, -0.25) is 9.59 Å². The number of hydrogen-bond donors (Lipinski definition) is 1. The maximum Gasteiger partial charge on any atom is 0.255 e. The summed E-state index contributed by atoms with van der Waals surface area (Å²) in [4.78, 5) is 28.3. The minimum Gasteiger partial charge on any atom is -0.384 e. The van der Waals surface area contributed by atoms with Gasteiger partial charge in [-0.2, -0.15) is 0 Å². The number of carbonyl (C=O) groups excluding carboxylic acids is 2. The lowest BCUT2D eigenvalue weighted by Crippen LogP contribution is -2.34. The van der Waals surface area contributed by atoms with E-state index in [0.29, 0.717) is 18.7 Å². The van der Waals surface area contributed by atoms with E-state index in [-0.39, 0.29) is 17.7 Å². The molecule has 0 aromatic heterocycles. The van der Waals surface area contributed by atoms with Crippen molar-refractivity contribution in [2.75, 3.05) is 39.0 Å². The molecule has 23 heavy (non-hydrogen) atoms. The smallest absolute Gasteiger partial charge is 0.255 e. The molecule has 1 aliphatic rings. The number of para-hydroxylation sites is 1. The lowest BCUT2D eigenvalue weighted by Gasteiger charge is -2.20. The summed E-state index contributed by atoms with van der Waals surface area (Å²) >= 11 is 0. The molecule has 5 nitrogen and oxygen atoms in total. The van der Waals surface area contributed by atoms with Crippen LogP contribution in [0.4, 0.5) is 5.69 Å². The summed E-state index contributed by atoms with van der Waals surface area (Å²) in [5, 5.41) is 3.35. The number of anilines is 1. The SMILES string of the molecule is CCCCNc1ccccc1C(=O)N1CCC(C(=O)N(C)C)C1. The molecule has 0 aliphatic carbocycles. The number of rotatable bonds is 6. The molecule has 1 unspecified atom stereocenters. The first-order chi connectivity index (χ1) is 11.0. The van der Waals surface area contributed by atoms with E-state index in [1.807, 2.05) is 24.3 Å². The van der Waals surface area contributed by atoms with E-state index in [1.165, 1.54) is 0 Å². The van der Waals surface area contributed by atoms with Crippen molar-refractivity contribution in [1.82, 2.24) is 9.80 Å². The molecule has 1 aliphatic heterocycles. The summed E-state index contributed by atoms with van der Waals surface area (Å²) < 4.78 is 0. The minimum absolute atomic E-state index is 0.0126. The second kappa shape index (κ2) is 7.99. The fraction of sp³-hybridized carbons (Fsp3) is 0.556. The highest BCUT2D eigenvalue weighted by Crippen LogP contribution is 2.23. The van der Waals surface area contributed by atoms with E-state index in [0.717, 1.165) is 31.5 Å². The molecule has 2 rings (SSSR count). The average molecular weight is 317 g/mol. The van der Waals surface area contributed by atoms with Gasteiger partial charge in [-0.1, -0.05) is 25.5 Å². The summed E-state index contributed by atoms with van der Waals surface area (Å²) in [6.45, 7) is 4.17. The number of amides is 2. The highest BCUT2D eigenvalue weighted by Gasteiger charge is 2.32. The first-order valence-corrected chi connectivity index (χ1v) is 8.38. The Balaban J connectivity index is 2.05. The second-order valence-electron chi connectivity index (χ2n) is 6.30. The molecule has 1 aromatic rings. The topological polar surface area (TPSA) is 52.7 Å². The fourth-order valence-electron chi connectivity index (χ4n) is 2.91. The van der Waals surface area contributed by atoms with Gasteiger partial charge in [-0.25, -0.2) is 0 Å². The van der Waals surface area contributed by atoms with Crippen molar-refractivity contribution in [2.45, 2.75) is 26.2 Å². The van der Waals surface area contributed by atoms with Gasteiger partial charge in [0.15, 0.2) is 0 Å². The van der Waals surface area contributed by atoms with Crippen LogP contribution in [-0.4, -0.2) is 55.3 Å². The molecule has 1 N–H and O–H groups in total. The number of unbranched alkanes of at least 4 members (excludes halogenated alkanes) is 1. The normalized spacial score (nSPS) is 17.2.